The SMILES string of the molecule is CC(C)[C@@H](C(=O)[O-])N1C(=O)[C@@H]2[C@H](C1=O)[C@@H]1C=C[C@H]2C1. The summed E-state index contributed by atoms with van der Waals surface area (Å²) in [4.78, 5) is 37.0. The fourth-order valence-corrected chi connectivity index (χ4v) is 3.88. The fourth-order valence-electron chi connectivity index (χ4n) is 3.88. The molecule has 1 saturated heterocycles. The first kappa shape index (κ1) is 12.4. The molecule has 3 rings (SSSR count). The Balaban J connectivity index is 1.96. The highest BCUT2D eigenvalue weighted by Gasteiger charge is 2.60. The van der Waals surface area contributed by atoms with E-state index in [1.807, 2.05) is 12.2 Å². The molecule has 102 valence electrons. The highest BCUT2D eigenvalue weighted by Crippen LogP contribution is 2.53. The number of likely N-dealkylation sites (tertiary alicyclic amines) is 1. The van der Waals surface area contributed by atoms with Crippen molar-refractivity contribution in [2.45, 2.75) is 26.3 Å². The lowest BCUT2D eigenvalue weighted by Crippen LogP contribution is -2.54. The predicted octanol–water partition coefficient (Wildman–Crippen LogP) is -0.432. The van der Waals surface area contributed by atoms with Gasteiger partial charge in [-0.25, -0.2) is 0 Å². The molecule has 0 aromatic rings. The van der Waals surface area contributed by atoms with Crippen LogP contribution in [0.15, 0.2) is 12.2 Å². The number of rotatable bonds is 3. The van der Waals surface area contributed by atoms with Gasteiger partial charge in [0, 0.05) is 0 Å². The van der Waals surface area contributed by atoms with Crippen molar-refractivity contribution < 1.29 is 19.5 Å². The van der Waals surface area contributed by atoms with Crippen LogP contribution in [-0.4, -0.2) is 28.7 Å². The molecule has 3 aliphatic rings. The molecular formula is C14H16NO4-. The Morgan fingerprint density at radius 3 is 2.05 bits per heavy atom. The van der Waals surface area contributed by atoms with Crippen molar-refractivity contribution in [2.75, 3.05) is 0 Å². The largest absolute Gasteiger partial charge is 0.548 e. The molecule has 0 unspecified atom stereocenters. The van der Waals surface area contributed by atoms with Gasteiger partial charge in [0.25, 0.3) is 0 Å². The predicted molar refractivity (Wildman–Crippen MR) is 63.2 cm³/mol. The molecule has 1 saturated carbocycles. The quantitative estimate of drug-likeness (QED) is 0.510. The molecule has 2 fully saturated rings. The van der Waals surface area contributed by atoms with Gasteiger partial charge in [0.05, 0.1) is 23.8 Å². The maximum absolute atomic E-state index is 12.4. The van der Waals surface area contributed by atoms with E-state index < -0.39 is 12.0 Å². The number of fused-ring (bicyclic) bond motifs is 5. The zero-order valence-corrected chi connectivity index (χ0v) is 10.9. The molecule has 5 nitrogen and oxygen atoms in total. The number of nitrogens with zero attached hydrogens (tertiary/aromatic N) is 1. The molecule has 0 radical (unpaired) electrons. The van der Waals surface area contributed by atoms with Crippen molar-refractivity contribution in [3.05, 3.63) is 12.2 Å². The Morgan fingerprint density at radius 1 is 1.21 bits per heavy atom. The Labute approximate surface area is 111 Å². The average Bonchev–Trinajstić information content (AvgIpc) is 2.97. The maximum atomic E-state index is 12.4. The molecule has 0 aromatic carbocycles. The number of carbonyl (C=O) groups is 3. The first-order valence-electron chi connectivity index (χ1n) is 6.69. The summed E-state index contributed by atoms with van der Waals surface area (Å²) in [5.74, 6) is -2.83. The lowest BCUT2D eigenvalue weighted by Gasteiger charge is -2.31. The van der Waals surface area contributed by atoms with Crippen molar-refractivity contribution >= 4 is 17.8 Å². The van der Waals surface area contributed by atoms with E-state index in [0.717, 1.165) is 11.3 Å². The minimum atomic E-state index is -1.35. The summed E-state index contributed by atoms with van der Waals surface area (Å²) in [5.41, 5.74) is 0. The van der Waals surface area contributed by atoms with E-state index in [1.165, 1.54) is 0 Å². The van der Waals surface area contributed by atoms with Crippen LogP contribution < -0.4 is 5.11 Å². The number of imide groups is 1. The standard InChI is InChI=1S/C14H17NO4/c1-6(2)11(14(18)19)15-12(16)9-7-3-4-8(5-7)10(9)13(15)17/h3-4,6-11H,5H2,1-2H3,(H,18,19)/p-1/t7-,8+,9-,10+,11-/m0/s1. The van der Waals surface area contributed by atoms with E-state index in [4.69, 9.17) is 0 Å². The van der Waals surface area contributed by atoms with E-state index in [1.54, 1.807) is 13.8 Å². The van der Waals surface area contributed by atoms with Crippen LogP contribution in [0.25, 0.3) is 0 Å². The smallest absolute Gasteiger partial charge is 0.234 e. The van der Waals surface area contributed by atoms with Crippen LogP contribution in [0, 0.1) is 29.6 Å². The van der Waals surface area contributed by atoms with E-state index in [0.29, 0.717) is 0 Å². The van der Waals surface area contributed by atoms with Gasteiger partial charge in [-0.15, -0.1) is 0 Å². The Bertz CT molecular complexity index is 466. The van der Waals surface area contributed by atoms with Gasteiger partial charge in [0.15, 0.2) is 0 Å². The fraction of sp³-hybridized carbons (Fsp3) is 0.643. The average molecular weight is 262 g/mol. The lowest BCUT2D eigenvalue weighted by molar-refractivity contribution is -0.312. The molecule has 19 heavy (non-hydrogen) atoms. The number of hydrogen-bond acceptors (Lipinski definition) is 4. The van der Waals surface area contributed by atoms with Crippen LogP contribution in [0.4, 0.5) is 0 Å². The van der Waals surface area contributed by atoms with Crippen LogP contribution >= 0.6 is 0 Å². The lowest BCUT2D eigenvalue weighted by atomic mass is 9.85. The summed E-state index contributed by atoms with van der Waals surface area (Å²) < 4.78 is 0. The summed E-state index contributed by atoms with van der Waals surface area (Å²) in [6.07, 6.45) is 4.83. The molecule has 0 N–H and O–H groups in total. The van der Waals surface area contributed by atoms with Gasteiger partial charge in [-0.05, 0) is 24.2 Å². The number of allylic oxidation sites excluding steroid dienone is 2. The monoisotopic (exact) mass is 262 g/mol. The van der Waals surface area contributed by atoms with E-state index in [-0.39, 0.29) is 41.4 Å². The van der Waals surface area contributed by atoms with Crippen LogP contribution in [0.5, 0.6) is 0 Å². The molecule has 1 heterocycles. The van der Waals surface area contributed by atoms with Crippen LogP contribution in [0.2, 0.25) is 0 Å². The van der Waals surface area contributed by atoms with Crippen LogP contribution in [-0.2, 0) is 14.4 Å². The van der Waals surface area contributed by atoms with Crippen molar-refractivity contribution in [2.24, 2.45) is 29.6 Å². The molecule has 5 heteroatoms. The minimum Gasteiger partial charge on any atom is -0.548 e. The topological polar surface area (TPSA) is 77.5 Å². The van der Waals surface area contributed by atoms with Gasteiger partial charge in [-0.2, -0.15) is 0 Å². The molecular weight excluding hydrogens is 246 g/mol. The maximum Gasteiger partial charge on any atom is 0.234 e. The molecule has 0 aromatic heterocycles. The first-order valence-corrected chi connectivity index (χ1v) is 6.69. The Morgan fingerprint density at radius 2 is 1.68 bits per heavy atom. The first-order chi connectivity index (χ1) is 8.93. The number of carboxylic acids is 1. The normalized spacial score (nSPS) is 37.3. The summed E-state index contributed by atoms with van der Waals surface area (Å²) >= 11 is 0. The molecule has 0 spiro atoms. The van der Waals surface area contributed by atoms with Crippen molar-refractivity contribution in [3.63, 3.8) is 0 Å². The van der Waals surface area contributed by atoms with E-state index in [2.05, 4.69) is 0 Å². The molecule has 2 aliphatic carbocycles. The molecule has 1 aliphatic heterocycles. The van der Waals surface area contributed by atoms with Gasteiger partial charge < -0.3 is 9.90 Å². The number of aliphatic carboxylic acids is 1. The van der Waals surface area contributed by atoms with E-state index in [9.17, 15) is 19.5 Å². The number of carboxylic acid groups (broad SMARTS) is 1. The van der Waals surface area contributed by atoms with Crippen molar-refractivity contribution in [1.82, 2.24) is 4.90 Å². The summed E-state index contributed by atoms with van der Waals surface area (Å²) in [6, 6.07) is -1.15. The highest BCUT2D eigenvalue weighted by atomic mass is 16.4. The summed E-state index contributed by atoms with van der Waals surface area (Å²) in [7, 11) is 0. The van der Waals surface area contributed by atoms with Crippen LogP contribution in [0.1, 0.15) is 20.3 Å². The van der Waals surface area contributed by atoms with Gasteiger partial charge in [-0.1, -0.05) is 26.0 Å². The number of hydrogen-bond donors (Lipinski definition) is 0. The Kier molecular flexibility index (Phi) is 2.56. The second kappa shape index (κ2) is 3.92. The number of carbonyl (C=O) groups excluding carboxylic acids is 3. The van der Waals surface area contributed by atoms with Gasteiger partial charge in [0.2, 0.25) is 11.8 Å². The molecule has 2 bridgehead atoms. The van der Waals surface area contributed by atoms with Crippen LogP contribution in [0.3, 0.4) is 0 Å². The Hall–Kier alpha value is -1.65. The number of amides is 2. The summed E-state index contributed by atoms with van der Waals surface area (Å²) in [5, 5.41) is 11.2. The third-order valence-electron chi connectivity index (χ3n) is 4.66. The van der Waals surface area contributed by atoms with E-state index >= 15 is 0 Å². The second-order valence-electron chi connectivity index (χ2n) is 6.05. The minimum absolute atomic E-state index is 0.103. The second-order valence-corrected chi connectivity index (χ2v) is 6.05. The molecule has 5 atom stereocenters. The van der Waals surface area contributed by atoms with Crippen molar-refractivity contribution in [1.29, 1.82) is 0 Å². The highest BCUT2D eigenvalue weighted by molar-refractivity contribution is 6.08. The van der Waals surface area contributed by atoms with Gasteiger partial charge >= 0.3 is 0 Å². The zero-order chi connectivity index (χ0) is 13.9. The summed E-state index contributed by atoms with van der Waals surface area (Å²) in [6.45, 7) is 3.37. The third kappa shape index (κ3) is 1.50. The zero-order valence-electron chi connectivity index (χ0n) is 10.9. The third-order valence-corrected chi connectivity index (χ3v) is 4.66. The van der Waals surface area contributed by atoms with Crippen molar-refractivity contribution in [3.8, 4) is 0 Å². The van der Waals surface area contributed by atoms with Gasteiger partial charge in [-0.3, -0.25) is 14.5 Å². The molecule has 2 amide bonds. The van der Waals surface area contributed by atoms with Gasteiger partial charge in [0.1, 0.15) is 0 Å².